The van der Waals surface area contributed by atoms with Gasteiger partial charge in [0.15, 0.2) is 11.0 Å². The Labute approximate surface area is 221 Å². The number of aryl methyl sites for hydroxylation is 3. The van der Waals surface area contributed by atoms with E-state index in [0.29, 0.717) is 41.0 Å². The highest BCUT2D eigenvalue weighted by Crippen LogP contribution is 2.42. The van der Waals surface area contributed by atoms with Crippen LogP contribution >= 0.6 is 11.8 Å². The number of aromatic nitrogens is 3. The van der Waals surface area contributed by atoms with Gasteiger partial charge in [0.25, 0.3) is 0 Å². The van der Waals surface area contributed by atoms with Crippen LogP contribution in [0.25, 0.3) is 32.9 Å². The number of halogens is 1. The summed E-state index contributed by atoms with van der Waals surface area (Å²) in [5.41, 5.74) is 4.24. The molecule has 2 atom stereocenters. The summed E-state index contributed by atoms with van der Waals surface area (Å²) in [5, 5.41) is 12.5. The number of fused-ring (bicyclic) bond motifs is 4. The Hall–Kier alpha value is -3.24. The standard InChI is InChI=1S/C30H30FN5S/c1-17-12-22-7-4-6-21(8-5-11-32)25(22)23(13-17)27-26(31)28-24(18(2)33-27)29(35-30(34-28)37-3)36-15-19-9-10-20(14-19)16-36/h4,6-7,12-13,19-20H,5,8-10,14-16H2,1-3H3. The highest BCUT2D eigenvalue weighted by Gasteiger charge is 2.35. The molecule has 0 radical (unpaired) electrons. The van der Waals surface area contributed by atoms with Crippen LogP contribution < -0.4 is 4.90 Å². The van der Waals surface area contributed by atoms with Gasteiger partial charge in [-0.05, 0) is 85.6 Å². The lowest BCUT2D eigenvalue weighted by atomic mass is 9.92. The molecule has 3 heterocycles. The third-order valence-corrected chi connectivity index (χ3v) is 8.53. The fraction of sp³-hybridized carbons (Fsp3) is 0.400. The Kier molecular flexibility index (Phi) is 6.24. The Balaban J connectivity index is 1.59. The number of hydrogen-bond donors (Lipinski definition) is 0. The van der Waals surface area contributed by atoms with Crippen molar-refractivity contribution in [1.82, 2.24) is 15.0 Å². The molecule has 1 aliphatic carbocycles. The van der Waals surface area contributed by atoms with E-state index >= 15 is 4.39 Å². The number of nitriles is 1. The van der Waals surface area contributed by atoms with Crippen molar-refractivity contribution in [3.05, 3.63) is 53.0 Å². The van der Waals surface area contributed by atoms with Gasteiger partial charge in [0.05, 0.1) is 17.1 Å². The summed E-state index contributed by atoms with van der Waals surface area (Å²) in [6.45, 7) is 5.89. The SMILES string of the molecule is CSc1nc(N2CC3CCC(C3)C2)c2c(C)nc(-c3cc(C)cc4cccc(CCC#N)c34)c(F)c2n1. The second kappa shape index (κ2) is 9.57. The Bertz CT molecular complexity index is 1560. The maximum atomic E-state index is 16.6. The summed E-state index contributed by atoms with van der Waals surface area (Å²) < 4.78 is 16.6. The summed E-state index contributed by atoms with van der Waals surface area (Å²) in [6.07, 6.45) is 6.78. The van der Waals surface area contributed by atoms with Gasteiger partial charge in [0.2, 0.25) is 0 Å². The Morgan fingerprint density at radius 2 is 1.86 bits per heavy atom. The van der Waals surface area contributed by atoms with E-state index in [-0.39, 0.29) is 0 Å². The molecule has 2 aliphatic rings. The quantitative estimate of drug-likeness (QED) is 0.212. The van der Waals surface area contributed by atoms with Crippen molar-refractivity contribution >= 4 is 39.3 Å². The zero-order valence-electron chi connectivity index (χ0n) is 21.5. The lowest BCUT2D eigenvalue weighted by Crippen LogP contribution is -2.37. The van der Waals surface area contributed by atoms with Crippen LogP contribution in [0.4, 0.5) is 10.2 Å². The molecule has 7 heteroatoms. The molecule has 2 aromatic heterocycles. The first kappa shape index (κ1) is 24.1. The van der Waals surface area contributed by atoms with Crippen LogP contribution in [0.3, 0.4) is 0 Å². The molecule has 1 saturated carbocycles. The van der Waals surface area contributed by atoms with Gasteiger partial charge in [-0.2, -0.15) is 5.26 Å². The van der Waals surface area contributed by atoms with Crippen molar-refractivity contribution in [2.75, 3.05) is 24.2 Å². The van der Waals surface area contributed by atoms with E-state index in [1.54, 1.807) is 0 Å². The van der Waals surface area contributed by atoms with Gasteiger partial charge in [0, 0.05) is 25.1 Å². The minimum absolute atomic E-state index is 0.318. The van der Waals surface area contributed by atoms with Crippen LogP contribution in [0.2, 0.25) is 0 Å². The zero-order chi connectivity index (χ0) is 25.7. The van der Waals surface area contributed by atoms with E-state index < -0.39 is 5.82 Å². The fourth-order valence-corrected chi connectivity index (χ4v) is 6.79. The maximum Gasteiger partial charge on any atom is 0.189 e. The second-order valence-corrected chi connectivity index (χ2v) is 11.3. The van der Waals surface area contributed by atoms with Crippen molar-refractivity contribution in [2.24, 2.45) is 11.8 Å². The fourth-order valence-electron chi connectivity index (χ4n) is 6.43. The number of benzene rings is 2. The molecule has 2 fully saturated rings. The van der Waals surface area contributed by atoms with Crippen molar-refractivity contribution < 1.29 is 4.39 Å². The van der Waals surface area contributed by atoms with Gasteiger partial charge >= 0.3 is 0 Å². The van der Waals surface area contributed by atoms with Crippen LogP contribution in [0.1, 0.15) is 42.5 Å². The predicted molar refractivity (Wildman–Crippen MR) is 148 cm³/mol. The van der Waals surface area contributed by atoms with E-state index in [0.717, 1.165) is 57.5 Å². The van der Waals surface area contributed by atoms with E-state index in [1.807, 2.05) is 44.4 Å². The molecule has 0 spiro atoms. The largest absolute Gasteiger partial charge is 0.355 e. The molecule has 2 aromatic carbocycles. The van der Waals surface area contributed by atoms with Crippen LogP contribution in [0.5, 0.6) is 0 Å². The van der Waals surface area contributed by atoms with Crippen molar-refractivity contribution in [2.45, 2.75) is 51.1 Å². The molecule has 5 nitrogen and oxygen atoms in total. The van der Waals surface area contributed by atoms with Crippen molar-refractivity contribution in [1.29, 1.82) is 5.26 Å². The average molecular weight is 512 g/mol. The monoisotopic (exact) mass is 511 g/mol. The average Bonchev–Trinajstić information content (AvgIpc) is 3.25. The van der Waals surface area contributed by atoms with E-state index in [1.165, 1.54) is 31.0 Å². The van der Waals surface area contributed by atoms with Crippen LogP contribution in [0.15, 0.2) is 35.5 Å². The lowest BCUT2D eigenvalue weighted by molar-refractivity contribution is 0.419. The minimum Gasteiger partial charge on any atom is -0.355 e. The summed E-state index contributed by atoms with van der Waals surface area (Å²) in [4.78, 5) is 16.8. The molecule has 1 aliphatic heterocycles. The number of pyridine rings is 1. The molecule has 2 unspecified atom stereocenters. The zero-order valence-corrected chi connectivity index (χ0v) is 22.3. The molecule has 6 rings (SSSR count). The third-order valence-electron chi connectivity index (χ3n) is 7.98. The van der Waals surface area contributed by atoms with Crippen LogP contribution in [-0.2, 0) is 6.42 Å². The summed E-state index contributed by atoms with van der Waals surface area (Å²) in [7, 11) is 0. The summed E-state index contributed by atoms with van der Waals surface area (Å²) in [5.74, 6) is 1.79. The normalized spacial score (nSPS) is 19.1. The van der Waals surface area contributed by atoms with Gasteiger partial charge in [-0.25, -0.2) is 19.3 Å². The number of thioether (sulfide) groups is 1. The molecular formula is C30H30FN5S. The van der Waals surface area contributed by atoms with Crippen LogP contribution in [-0.4, -0.2) is 34.3 Å². The first-order chi connectivity index (χ1) is 18.0. The predicted octanol–water partition coefficient (Wildman–Crippen LogP) is 7.02. The Morgan fingerprint density at radius 1 is 1.08 bits per heavy atom. The highest BCUT2D eigenvalue weighted by atomic mass is 32.2. The van der Waals surface area contributed by atoms with Gasteiger partial charge in [0.1, 0.15) is 17.0 Å². The van der Waals surface area contributed by atoms with Gasteiger partial charge in [-0.1, -0.05) is 36.0 Å². The molecule has 4 aromatic rings. The van der Waals surface area contributed by atoms with Gasteiger partial charge in [-0.3, -0.25) is 0 Å². The first-order valence-electron chi connectivity index (χ1n) is 13.0. The molecular weight excluding hydrogens is 481 g/mol. The molecule has 37 heavy (non-hydrogen) atoms. The van der Waals surface area contributed by atoms with Crippen LogP contribution in [0, 0.1) is 42.8 Å². The topological polar surface area (TPSA) is 65.7 Å². The lowest BCUT2D eigenvalue weighted by Gasteiger charge is -2.33. The number of anilines is 1. The molecule has 0 amide bonds. The summed E-state index contributed by atoms with van der Waals surface area (Å²) >= 11 is 1.45. The number of rotatable bonds is 5. The first-order valence-corrected chi connectivity index (χ1v) is 14.3. The molecule has 0 N–H and O–H groups in total. The second-order valence-electron chi connectivity index (χ2n) is 10.6. The maximum absolute atomic E-state index is 16.6. The number of hydrogen-bond acceptors (Lipinski definition) is 6. The van der Waals surface area contributed by atoms with E-state index in [4.69, 9.17) is 15.0 Å². The van der Waals surface area contributed by atoms with Crippen molar-refractivity contribution in [3.63, 3.8) is 0 Å². The number of piperidine rings is 1. The molecule has 188 valence electrons. The van der Waals surface area contributed by atoms with Gasteiger partial charge in [-0.15, -0.1) is 0 Å². The Morgan fingerprint density at radius 3 is 2.59 bits per heavy atom. The van der Waals surface area contributed by atoms with Gasteiger partial charge < -0.3 is 4.90 Å². The molecule has 2 bridgehead atoms. The third kappa shape index (κ3) is 4.21. The highest BCUT2D eigenvalue weighted by molar-refractivity contribution is 7.98. The smallest absolute Gasteiger partial charge is 0.189 e. The van der Waals surface area contributed by atoms with E-state index in [2.05, 4.69) is 17.0 Å². The van der Waals surface area contributed by atoms with Crippen molar-refractivity contribution in [3.8, 4) is 17.3 Å². The summed E-state index contributed by atoms with van der Waals surface area (Å²) in [6, 6.07) is 12.4. The molecule has 1 saturated heterocycles. The van der Waals surface area contributed by atoms with E-state index in [9.17, 15) is 5.26 Å². The minimum atomic E-state index is -0.401. The number of nitrogens with zero attached hydrogens (tertiary/aromatic N) is 5.